The summed E-state index contributed by atoms with van der Waals surface area (Å²) in [6.45, 7) is 22.7. The number of hydrogen-bond acceptors (Lipinski definition) is 2. The Kier molecular flexibility index (Phi) is 97.6. The van der Waals surface area contributed by atoms with Crippen molar-refractivity contribution in [3.05, 3.63) is 0 Å². The van der Waals surface area contributed by atoms with Crippen molar-refractivity contribution < 1.29 is 48.5 Å². The molecule has 56 heavy (non-hydrogen) atoms. The molecule has 0 heterocycles. The zero-order valence-electron chi connectivity index (χ0n) is 42.4. The van der Waals surface area contributed by atoms with Crippen molar-refractivity contribution in [3.8, 4) is 0 Å². The van der Waals surface area contributed by atoms with E-state index in [1.54, 1.807) is 0 Å². The van der Waals surface area contributed by atoms with E-state index in [0.29, 0.717) is 0 Å². The number of hydrogen-bond donors (Lipinski definition) is 2. The van der Waals surface area contributed by atoms with E-state index >= 15 is 0 Å². The molecule has 0 radical (unpaired) electrons. The molecular weight excluding hydrogens is 720 g/mol. The Hall–Kier alpha value is 0.870. The van der Waals surface area contributed by atoms with Crippen LogP contribution in [0.4, 0.5) is 0 Å². The van der Waals surface area contributed by atoms with Gasteiger partial charge in [-0.25, -0.2) is 0 Å². The predicted molar refractivity (Wildman–Crippen MR) is 257 cm³/mol. The van der Waals surface area contributed by atoms with Crippen molar-refractivity contribution in [3.63, 3.8) is 0 Å². The summed E-state index contributed by atoms with van der Waals surface area (Å²) in [5, 5.41) is 0. The topological polar surface area (TPSA) is 74.6 Å². The average molecular weight is 834 g/mol. The van der Waals surface area contributed by atoms with Crippen molar-refractivity contribution >= 4 is 10.4 Å². The second kappa shape index (κ2) is 76.6. The van der Waals surface area contributed by atoms with Gasteiger partial charge >= 0.3 is 40.0 Å². The average Bonchev–Trinajstić information content (AvgIpc) is 3.16. The van der Waals surface area contributed by atoms with E-state index in [1.807, 2.05) is 0 Å². The fraction of sp³-hybridized carbons (Fsp3) is 1.00. The first-order valence-corrected chi connectivity index (χ1v) is 26.7. The molecule has 0 aromatic carbocycles. The molecule has 0 bridgehead atoms. The van der Waals surface area contributed by atoms with Gasteiger partial charge in [0.15, 0.2) is 0 Å². The van der Waals surface area contributed by atoms with Gasteiger partial charge in [0.25, 0.3) is 0 Å². The van der Waals surface area contributed by atoms with Gasteiger partial charge in [-0.15, -0.1) is 0 Å². The zero-order valence-corrected chi connectivity index (χ0v) is 44.2. The summed E-state index contributed by atoms with van der Waals surface area (Å²) >= 11 is 0. The molecule has 6 heteroatoms. The van der Waals surface area contributed by atoms with Gasteiger partial charge in [-0.2, -0.15) is 8.42 Å². The molecule has 0 aromatic rings. The summed E-state index contributed by atoms with van der Waals surface area (Å²) in [6, 6.07) is 0. The number of unbranched alkanes of at least 4 members (excludes halogenated alkanes) is 35. The van der Waals surface area contributed by atoms with E-state index in [4.69, 9.17) is 17.5 Å². The van der Waals surface area contributed by atoms with Crippen LogP contribution in [-0.4, -0.2) is 17.5 Å². The van der Waals surface area contributed by atoms with Gasteiger partial charge in [0.2, 0.25) is 0 Å². The third-order valence-corrected chi connectivity index (χ3v) is 9.79. The molecule has 0 saturated carbocycles. The molecule has 0 aliphatic rings. The molecule has 0 atom stereocenters. The van der Waals surface area contributed by atoms with Gasteiger partial charge in [0, 0.05) is 0 Å². The van der Waals surface area contributed by atoms with Crippen LogP contribution in [0.3, 0.4) is 0 Å². The Morgan fingerprint density at radius 2 is 0.286 bits per heavy atom. The van der Waals surface area contributed by atoms with Crippen LogP contribution in [0.25, 0.3) is 0 Å². The maximum atomic E-state index is 8.74. The Balaban J connectivity index is -0.0000000845. The zero-order chi connectivity index (χ0) is 42.8. The Morgan fingerprint density at radius 1 is 0.232 bits per heavy atom. The monoisotopic (exact) mass is 833 g/mol. The van der Waals surface area contributed by atoms with Gasteiger partial charge in [-0.3, -0.25) is 9.11 Å². The van der Waals surface area contributed by atoms with Crippen LogP contribution >= 0.6 is 0 Å². The molecule has 2 N–H and O–H groups in total. The molecule has 0 aliphatic heterocycles. The Bertz CT molecular complexity index is 511. The van der Waals surface area contributed by atoms with Gasteiger partial charge in [-0.05, 0) is 0 Å². The van der Waals surface area contributed by atoms with Crippen LogP contribution in [0.15, 0.2) is 0 Å². The predicted octanol–water partition coefficient (Wildman–Crippen LogP) is 17.2. The van der Waals surface area contributed by atoms with Crippen LogP contribution in [0.5, 0.6) is 0 Å². The minimum absolute atomic E-state index is 0. The fourth-order valence-corrected chi connectivity index (χ4v) is 6.04. The van der Waals surface area contributed by atoms with E-state index < -0.39 is 10.4 Å². The molecule has 0 saturated heterocycles. The maximum Gasteiger partial charge on any atom is 1.00 e. The van der Waals surface area contributed by atoms with Crippen LogP contribution in [0, 0.1) is 0 Å². The minimum atomic E-state index is -4.67. The van der Waals surface area contributed by atoms with Crippen LogP contribution in [0.1, 0.15) is 327 Å². The maximum absolute atomic E-state index is 8.74. The molecule has 4 nitrogen and oxygen atoms in total. The summed E-state index contributed by atoms with van der Waals surface area (Å²) in [5.41, 5.74) is 0. The van der Waals surface area contributed by atoms with Crippen molar-refractivity contribution in [2.75, 3.05) is 0 Å². The van der Waals surface area contributed by atoms with Crippen molar-refractivity contribution in [1.82, 2.24) is 0 Å². The third-order valence-electron chi connectivity index (χ3n) is 9.79. The fourth-order valence-electron chi connectivity index (χ4n) is 6.04. The van der Waals surface area contributed by atoms with Gasteiger partial charge < -0.3 is 1.43 Å². The van der Waals surface area contributed by atoms with E-state index in [2.05, 4.69) is 69.2 Å². The smallest absolute Gasteiger partial charge is 1.00 e. The minimum Gasteiger partial charge on any atom is -1.00 e. The summed E-state index contributed by atoms with van der Waals surface area (Å²) in [7, 11) is -4.67. The molecule has 0 aromatic heterocycles. The van der Waals surface area contributed by atoms with Crippen molar-refractivity contribution in [2.45, 2.75) is 326 Å². The molecule has 0 unspecified atom stereocenters. The SMILES string of the molecule is CCCCCCCCCC.CCCCCCCCCC.CCCCCCCCCC.CCCCCCCCCC.CCCCCCCCCC.O=S(=O)(O)O.[H-].[Na+]. The normalized spacial score (nSPS) is 10.1. The molecule has 0 fully saturated rings. The standard InChI is InChI=1S/5C10H22.Na.H2O4S.H/c5*1-3-5-7-9-10-8-6-4-2;;1-5(2,3)4;/h5*3-10H2,1-2H3;;(H2,1,2,3,4);/q;;;;;+1;;-1. The first kappa shape index (κ1) is 71.4. The molecule has 344 valence electrons. The first-order chi connectivity index (χ1) is 26.6. The largest absolute Gasteiger partial charge is 1.00 e. The van der Waals surface area contributed by atoms with E-state index in [9.17, 15) is 0 Å². The second-order valence-electron chi connectivity index (χ2n) is 16.1. The quantitative estimate of drug-likeness (QED) is 0.0379. The summed E-state index contributed by atoms with van der Waals surface area (Å²) in [4.78, 5) is 0. The molecule has 0 aliphatic carbocycles. The second-order valence-corrected chi connectivity index (χ2v) is 17.0. The first-order valence-electron chi connectivity index (χ1n) is 25.3. The van der Waals surface area contributed by atoms with Gasteiger partial charge in [0.05, 0.1) is 0 Å². The van der Waals surface area contributed by atoms with E-state index in [0.717, 1.165) is 0 Å². The third kappa shape index (κ3) is 124. The van der Waals surface area contributed by atoms with Crippen molar-refractivity contribution in [2.24, 2.45) is 0 Å². The van der Waals surface area contributed by atoms with Crippen LogP contribution in [0.2, 0.25) is 0 Å². The van der Waals surface area contributed by atoms with Crippen LogP contribution < -0.4 is 29.6 Å². The van der Waals surface area contributed by atoms with E-state index in [1.165, 1.54) is 257 Å². The summed E-state index contributed by atoms with van der Waals surface area (Å²) < 4.78 is 31.6. The summed E-state index contributed by atoms with van der Waals surface area (Å²) in [6.07, 6.45) is 57.3. The van der Waals surface area contributed by atoms with E-state index in [-0.39, 0.29) is 31.0 Å². The van der Waals surface area contributed by atoms with Gasteiger partial charge in [0.1, 0.15) is 0 Å². The molecular formula is C50H113NaO4S. The van der Waals surface area contributed by atoms with Gasteiger partial charge in [-0.1, -0.05) is 326 Å². The van der Waals surface area contributed by atoms with Crippen molar-refractivity contribution in [1.29, 1.82) is 0 Å². The van der Waals surface area contributed by atoms with Crippen LogP contribution in [-0.2, 0) is 10.4 Å². The Morgan fingerprint density at radius 3 is 0.339 bits per heavy atom. The number of rotatable bonds is 35. The Labute approximate surface area is 382 Å². The molecule has 0 spiro atoms. The summed E-state index contributed by atoms with van der Waals surface area (Å²) in [5.74, 6) is 0. The molecule has 0 amide bonds. The molecule has 0 rings (SSSR count).